The lowest BCUT2D eigenvalue weighted by atomic mass is 10.3. The summed E-state index contributed by atoms with van der Waals surface area (Å²) < 4.78 is 5.04. The predicted molar refractivity (Wildman–Crippen MR) is 39.4 cm³/mol. The fraction of sp³-hybridized carbons (Fsp3) is 0. The van der Waals surface area contributed by atoms with E-state index >= 15 is 0 Å². The molecule has 0 saturated carbocycles. The molecule has 54 valence electrons. The summed E-state index contributed by atoms with van der Waals surface area (Å²) in [6.07, 6.45) is 2.26. The van der Waals surface area contributed by atoms with Gasteiger partial charge in [-0.2, -0.15) is 0 Å². The van der Waals surface area contributed by atoms with Crippen molar-refractivity contribution in [3.05, 3.63) is 30.2 Å². The normalized spacial score (nSPS) is 10.2. The zero-order chi connectivity index (χ0) is 7.68. The molecule has 2 aromatic rings. The van der Waals surface area contributed by atoms with Gasteiger partial charge < -0.3 is 4.42 Å². The molecule has 11 heavy (non-hydrogen) atoms. The zero-order valence-electron chi connectivity index (χ0n) is 5.65. The van der Waals surface area contributed by atoms with E-state index in [1.54, 1.807) is 24.5 Å². The number of rotatable bonds is 1. The molecule has 2 rings (SSSR count). The average molecular weight is 147 g/mol. The van der Waals surface area contributed by atoms with E-state index in [1.807, 2.05) is 0 Å². The maximum Gasteiger partial charge on any atom is 0.168 e. The van der Waals surface area contributed by atoms with Crippen molar-refractivity contribution in [2.45, 2.75) is 0 Å². The molecule has 2 aromatic heterocycles. The molecule has 2 heterocycles. The Bertz CT molecular complexity index is 392. The third kappa shape index (κ3) is 0.902. The lowest BCUT2D eigenvalue weighted by Gasteiger charge is -1.87. The van der Waals surface area contributed by atoms with Gasteiger partial charge in [-0.15, -0.1) is 0 Å². The molecule has 0 atom stereocenters. The molecule has 3 heteroatoms. The first-order chi connectivity index (χ1) is 5.40. The van der Waals surface area contributed by atoms with Crippen molar-refractivity contribution >= 4 is 17.4 Å². The molecular weight excluding hydrogens is 142 g/mol. The van der Waals surface area contributed by atoms with Crippen LogP contribution in [-0.4, -0.2) is 11.3 Å². The van der Waals surface area contributed by atoms with Crippen molar-refractivity contribution in [1.82, 2.24) is 4.98 Å². The van der Waals surface area contributed by atoms with Crippen LogP contribution in [0, 0.1) is 0 Å². The molecule has 0 amide bonds. The van der Waals surface area contributed by atoms with Gasteiger partial charge in [-0.25, -0.2) is 4.98 Å². The summed E-state index contributed by atoms with van der Waals surface area (Å²) >= 11 is 0. The second kappa shape index (κ2) is 2.20. The van der Waals surface area contributed by atoms with Crippen molar-refractivity contribution in [2.75, 3.05) is 0 Å². The summed E-state index contributed by atoms with van der Waals surface area (Å²) in [7, 11) is 0. The standard InChI is InChI=1S/C8H5NO2/c10-5-6-1-2-8-7(9-6)3-4-11-8/h1-5H. The summed E-state index contributed by atoms with van der Waals surface area (Å²) in [5.74, 6) is 0. The lowest BCUT2D eigenvalue weighted by molar-refractivity contribution is 0.111. The third-order valence-corrected chi connectivity index (χ3v) is 1.45. The minimum Gasteiger partial charge on any atom is -0.463 e. The van der Waals surface area contributed by atoms with Crippen LogP contribution in [0.1, 0.15) is 10.5 Å². The monoisotopic (exact) mass is 147 g/mol. The lowest BCUT2D eigenvalue weighted by Crippen LogP contribution is -1.83. The summed E-state index contributed by atoms with van der Waals surface area (Å²) in [5, 5.41) is 0. The Morgan fingerprint density at radius 3 is 3.09 bits per heavy atom. The van der Waals surface area contributed by atoms with Crippen LogP contribution in [0.3, 0.4) is 0 Å². The number of fused-ring (bicyclic) bond motifs is 1. The summed E-state index contributed by atoms with van der Waals surface area (Å²) in [6, 6.07) is 5.08. The molecule has 0 saturated heterocycles. The van der Waals surface area contributed by atoms with Crippen LogP contribution in [0.2, 0.25) is 0 Å². The average Bonchev–Trinajstić information content (AvgIpc) is 2.50. The molecule has 0 N–H and O–H groups in total. The van der Waals surface area contributed by atoms with Gasteiger partial charge in [0, 0.05) is 6.07 Å². The van der Waals surface area contributed by atoms with Gasteiger partial charge in [-0.05, 0) is 12.1 Å². The predicted octanol–water partition coefficient (Wildman–Crippen LogP) is 1.64. The molecule has 0 aromatic carbocycles. The summed E-state index contributed by atoms with van der Waals surface area (Å²) in [4.78, 5) is 14.3. The highest BCUT2D eigenvalue weighted by Crippen LogP contribution is 2.11. The number of pyridine rings is 1. The zero-order valence-corrected chi connectivity index (χ0v) is 5.65. The number of carbonyl (C=O) groups is 1. The molecule has 3 nitrogen and oxygen atoms in total. The number of aldehydes is 1. The van der Waals surface area contributed by atoms with Gasteiger partial charge in [0.15, 0.2) is 11.9 Å². The Balaban J connectivity index is 2.76. The van der Waals surface area contributed by atoms with E-state index in [0.29, 0.717) is 17.6 Å². The van der Waals surface area contributed by atoms with Gasteiger partial charge >= 0.3 is 0 Å². The fourth-order valence-electron chi connectivity index (χ4n) is 0.934. The quantitative estimate of drug-likeness (QED) is 0.576. The Kier molecular flexibility index (Phi) is 1.22. The largest absolute Gasteiger partial charge is 0.463 e. The van der Waals surface area contributed by atoms with Crippen LogP contribution in [0.5, 0.6) is 0 Å². The first-order valence-electron chi connectivity index (χ1n) is 3.19. The molecular formula is C8H5NO2. The number of carbonyl (C=O) groups excluding carboxylic acids is 1. The van der Waals surface area contributed by atoms with Crippen molar-refractivity contribution < 1.29 is 9.21 Å². The van der Waals surface area contributed by atoms with E-state index in [-0.39, 0.29) is 0 Å². The Morgan fingerprint density at radius 1 is 1.36 bits per heavy atom. The molecule has 0 unspecified atom stereocenters. The van der Waals surface area contributed by atoms with E-state index in [2.05, 4.69) is 4.98 Å². The minimum atomic E-state index is 0.430. The molecule has 0 aliphatic heterocycles. The molecule has 0 fully saturated rings. The molecule has 0 bridgehead atoms. The third-order valence-electron chi connectivity index (χ3n) is 1.45. The summed E-state index contributed by atoms with van der Waals surface area (Å²) in [6.45, 7) is 0. The van der Waals surface area contributed by atoms with E-state index in [1.165, 1.54) is 0 Å². The minimum absolute atomic E-state index is 0.430. The Morgan fingerprint density at radius 2 is 2.27 bits per heavy atom. The maximum absolute atomic E-state index is 10.3. The van der Waals surface area contributed by atoms with Gasteiger partial charge in [0.1, 0.15) is 11.2 Å². The van der Waals surface area contributed by atoms with Crippen LogP contribution >= 0.6 is 0 Å². The van der Waals surface area contributed by atoms with E-state index in [4.69, 9.17) is 4.42 Å². The Labute approximate surface area is 62.7 Å². The van der Waals surface area contributed by atoms with Crippen molar-refractivity contribution in [3.63, 3.8) is 0 Å². The molecule has 0 aliphatic rings. The second-order valence-corrected chi connectivity index (χ2v) is 2.16. The van der Waals surface area contributed by atoms with Gasteiger partial charge in [-0.3, -0.25) is 4.79 Å². The van der Waals surface area contributed by atoms with E-state index in [9.17, 15) is 4.79 Å². The van der Waals surface area contributed by atoms with Gasteiger partial charge in [0.2, 0.25) is 0 Å². The van der Waals surface area contributed by atoms with E-state index in [0.717, 1.165) is 5.52 Å². The number of hydrogen-bond donors (Lipinski definition) is 0. The topological polar surface area (TPSA) is 43.1 Å². The number of furan rings is 1. The SMILES string of the molecule is O=Cc1ccc2occc2n1. The van der Waals surface area contributed by atoms with Crippen LogP contribution in [0.15, 0.2) is 28.9 Å². The van der Waals surface area contributed by atoms with Crippen LogP contribution < -0.4 is 0 Å². The second-order valence-electron chi connectivity index (χ2n) is 2.16. The van der Waals surface area contributed by atoms with Crippen molar-refractivity contribution in [3.8, 4) is 0 Å². The van der Waals surface area contributed by atoms with Crippen LogP contribution in [-0.2, 0) is 0 Å². The Hall–Kier alpha value is -1.64. The molecule has 0 aliphatic carbocycles. The van der Waals surface area contributed by atoms with Crippen LogP contribution in [0.25, 0.3) is 11.1 Å². The molecule has 0 radical (unpaired) electrons. The van der Waals surface area contributed by atoms with Crippen molar-refractivity contribution in [1.29, 1.82) is 0 Å². The van der Waals surface area contributed by atoms with E-state index < -0.39 is 0 Å². The fourth-order valence-corrected chi connectivity index (χ4v) is 0.934. The number of aromatic nitrogens is 1. The van der Waals surface area contributed by atoms with Crippen LogP contribution in [0.4, 0.5) is 0 Å². The van der Waals surface area contributed by atoms with Crippen molar-refractivity contribution in [2.24, 2.45) is 0 Å². The molecule has 0 spiro atoms. The smallest absolute Gasteiger partial charge is 0.168 e. The maximum atomic E-state index is 10.3. The highest BCUT2D eigenvalue weighted by Gasteiger charge is 1.97. The highest BCUT2D eigenvalue weighted by atomic mass is 16.3. The number of nitrogens with zero attached hydrogens (tertiary/aromatic N) is 1. The van der Waals surface area contributed by atoms with Gasteiger partial charge in [0.05, 0.1) is 6.26 Å². The first-order valence-corrected chi connectivity index (χ1v) is 3.19. The highest BCUT2D eigenvalue weighted by molar-refractivity contribution is 5.79. The first kappa shape index (κ1) is 6.09. The summed E-state index contributed by atoms with van der Waals surface area (Å²) in [5.41, 5.74) is 1.85. The van der Waals surface area contributed by atoms with Gasteiger partial charge in [-0.1, -0.05) is 0 Å². The number of hydrogen-bond acceptors (Lipinski definition) is 3. The van der Waals surface area contributed by atoms with Gasteiger partial charge in [0.25, 0.3) is 0 Å².